The van der Waals surface area contributed by atoms with E-state index in [9.17, 15) is 43.8 Å². The maximum absolute atomic E-state index is 14.2. The van der Waals surface area contributed by atoms with Crippen molar-refractivity contribution in [3.8, 4) is 5.75 Å². The van der Waals surface area contributed by atoms with Crippen molar-refractivity contribution in [2.45, 2.75) is 144 Å². The van der Waals surface area contributed by atoms with Crippen LogP contribution < -0.4 is 16.0 Å². The monoisotopic (exact) mass is 843 g/mol. The van der Waals surface area contributed by atoms with Crippen LogP contribution in [0.2, 0.25) is 0 Å². The van der Waals surface area contributed by atoms with Crippen molar-refractivity contribution < 1.29 is 53.2 Å². The van der Waals surface area contributed by atoms with E-state index in [4.69, 9.17) is 9.47 Å². The molecule has 2 unspecified atom stereocenters. The molecule has 1 aliphatic heterocycles. The summed E-state index contributed by atoms with van der Waals surface area (Å²) in [5.41, 5.74) is 0.718. The van der Waals surface area contributed by atoms with Gasteiger partial charge in [0.1, 0.15) is 36.0 Å². The molecule has 0 fully saturated rings. The number of aliphatic hydroxyl groups is 1. The number of hydrogen-bond donors (Lipinski definition) is 5. The van der Waals surface area contributed by atoms with E-state index in [0.29, 0.717) is 18.4 Å². The summed E-state index contributed by atoms with van der Waals surface area (Å²) < 4.78 is 11.6. The van der Waals surface area contributed by atoms with Gasteiger partial charge in [0, 0.05) is 32.0 Å². The molecule has 10 atom stereocenters. The summed E-state index contributed by atoms with van der Waals surface area (Å²) in [7, 11) is 2.78. The molecule has 16 heteroatoms. The fourth-order valence-corrected chi connectivity index (χ4v) is 6.79. The van der Waals surface area contributed by atoms with E-state index < -0.39 is 96.4 Å². The number of nitrogens with zero attached hydrogens (tertiary/aromatic N) is 2. The van der Waals surface area contributed by atoms with Crippen molar-refractivity contribution in [3.63, 3.8) is 0 Å². The highest BCUT2D eigenvalue weighted by molar-refractivity contribution is 5.96. The normalized spacial score (nSPS) is 28.8. The van der Waals surface area contributed by atoms with Crippen molar-refractivity contribution in [1.82, 2.24) is 25.8 Å². The van der Waals surface area contributed by atoms with E-state index in [-0.39, 0.29) is 48.3 Å². The topological polar surface area (TPSA) is 221 Å². The third kappa shape index (κ3) is 14.9. The first-order valence-electron chi connectivity index (χ1n) is 21.0. The second kappa shape index (κ2) is 23.7. The number of ether oxygens (including phenoxy) is 2. The Labute approximate surface area is 355 Å². The predicted octanol–water partition coefficient (Wildman–Crippen LogP) is 3.02. The number of aromatic hydroxyl groups is 1. The van der Waals surface area contributed by atoms with Crippen molar-refractivity contribution in [3.05, 3.63) is 41.5 Å². The van der Waals surface area contributed by atoms with Crippen LogP contribution in [0.4, 0.5) is 0 Å². The number of likely N-dealkylation sites (N-methyl/N-ethyl adjacent to an activating group) is 2. The molecule has 1 aliphatic rings. The fraction of sp³-hybridized carbons (Fsp3) is 0.659. The van der Waals surface area contributed by atoms with Crippen LogP contribution in [-0.4, -0.2) is 125 Å². The summed E-state index contributed by atoms with van der Waals surface area (Å²) >= 11 is 0. The number of carbonyl (C=O) groups is 7. The molecule has 0 spiro atoms. The van der Waals surface area contributed by atoms with Crippen LogP contribution in [0.5, 0.6) is 5.75 Å². The first kappa shape index (κ1) is 51.2. The van der Waals surface area contributed by atoms with Gasteiger partial charge >= 0.3 is 11.9 Å². The van der Waals surface area contributed by atoms with Crippen molar-refractivity contribution >= 4 is 41.5 Å². The fourth-order valence-electron chi connectivity index (χ4n) is 6.79. The third-order valence-electron chi connectivity index (χ3n) is 11.3. The molecule has 1 aromatic carbocycles. The summed E-state index contributed by atoms with van der Waals surface area (Å²) in [6.07, 6.45) is -0.427. The largest absolute Gasteiger partial charge is 0.508 e. The predicted molar refractivity (Wildman–Crippen MR) is 225 cm³/mol. The van der Waals surface area contributed by atoms with Crippen molar-refractivity contribution in [2.24, 2.45) is 23.7 Å². The Bertz CT molecular complexity index is 1680. The van der Waals surface area contributed by atoms with Crippen LogP contribution in [0.25, 0.3) is 0 Å². The Kier molecular flexibility index (Phi) is 20.2. The third-order valence-corrected chi connectivity index (χ3v) is 11.3. The van der Waals surface area contributed by atoms with E-state index in [0.717, 1.165) is 4.90 Å². The number of hydrogen-bond acceptors (Lipinski definition) is 11. The van der Waals surface area contributed by atoms with E-state index in [2.05, 4.69) is 16.0 Å². The highest BCUT2D eigenvalue weighted by atomic mass is 16.6. The van der Waals surface area contributed by atoms with Gasteiger partial charge in [0.2, 0.25) is 23.6 Å². The standard InChI is InChI=1S/C44H69N5O11/c1-13-25(5)37-40(54)46-30(10)44(58)60-38(26(6)14-2)28(8)34(51)20-15-27(7)43(57)59-35(21-24(3)4)39(53)45-29(9)41(55)49(12)33(22-31-16-18-32(50)19-17-31)42(56)48(11)23-36(52)47-37/h15-19,24-26,28-30,33-35,37-38,50-51H,13-14,20-23H2,1-12H3,(H,45,53)(H,46,54)(H,47,52)/b27-15+/t25?,26-,28-,29-,30+,33+,34-,35+,37?,38+/m0/s1. The maximum Gasteiger partial charge on any atom is 0.334 e. The van der Waals surface area contributed by atoms with Crippen LogP contribution in [0.15, 0.2) is 35.9 Å². The van der Waals surface area contributed by atoms with E-state index in [1.54, 1.807) is 26.0 Å². The van der Waals surface area contributed by atoms with Crippen LogP contribution >= 0.6 is 0 Å². The Hall–Kier alpha value is -4.99. The number of amides is 5. The van der Waals surface area contributed by atoms with Crippen LogP contribution in [0.1, 0.15) is 100 Å². The van der Waals surface area contributed by atoms with Gasteiger partial charge in [-0.15, -0.1) is 0 Å². The molecule has 16 nitrogen and oxygen atoms in total. The first-order chi connectivity index (χ1) is 28.0. The molecule has 60 heavy (non-hydrogen) atoms. The molecule has 0 bridgehead atoms. The number of rotatable bonds is 8. The molecular formula is C44H69N5O11. The van der Waals surface area contributed by atoms with Gasteiger partial charge in [-0.1, -0.05) is 79.5 Å². The smallest absolute Gasteiger partial charge is 0.334 e. The van der Waals surface area contributed by atoms with Crippen molar-refractivity contribution in [2.75, 3.05) is 20.6 Å². The quantitative estimate of drug-likeness (QED) is 0.240. The lowest BCUT2D eigenvalue weighted by Gasteiger charge is -2.33. The molecule has 336 valence electrons. The number of benzene rings is 1. The zero-order valence-corrected chi connectivity index (χ0v) is 37.4. The van der Waals surface area contributed by atoms with Gasteiger partial charge in [0.05, 0.1) is 12.6 Å². The van der Waals surface area contributed by atoms with E-state index >= 15 is 0 Å². The molecule has 0 saturated carbocycles. The van der Waals surface area contributed by atoms with E-state index in [1.165, 1.54) is 58.0 Å². The second-order valence-corrected chi connectivity index (χ2v) is 16.8. The highest BCUT2D eigenvalue weighted by Gasteiger charge is 2.37. The molecule has 0 aliphatic carbocycles. The molecule has 0 aromatic heterocycles. The lowest BCUT2D eigenvalue weighted by Crippen LogP contribution is -2.57. The average molecular weight is 844 g/mol. The number of phenolic OH excluding ortho intramolecular Hbond substituents is 1. The summed E-state index contributed by atoms with van der Waals surface area (Å²) in [5, 5.41) is 29.1. The van der Waals surface area contributed by atoms with Crippen LogP contribution in [0, 0.1) is 23.7 Å². The molecule has 0 radical (unpaired) electrons. The van der Waals surface area contributed by atoms with Crippen molar-refractivity contribution in [1.29, 1.82) is 0 Å². The van der Waals surface area contributed by atoms with Gasteiger partial charge < -0.3 is 45.4 Å². The van der Waals surface area contributed by atoms with Gasteiger partial charge in [-0.2, -0.15) is 0 Å². The van der Waals surface area contributed by atoms with Gasteiger partial charge in [-0.25, -0.2) is 9.59 Å². The first-order valence-corrected chi connectivity index (χ1v) is 21.0. The average Bonchev–Trinajstić information content (AvgIpc) is 3.20. The summed E-state index contributed by atoms with van der Waals surface area (Å²) in [6, 6.07) is 1.46. The maximum atomic E-state index is 14.2. The molecule has 5 amide bonds. The molecule has 0 saturated heterocycles. The second-order valence-electron chi connectivity index (χ2n) is 16.8. The Morgan fingerprint density at radius 2 is 1.38 bits per heavy atom. The minimum Gasteiger partial charge on any atom is -0.508 e. The summed E-state index contributed by atoms with van der Waals surface area (Å²) in [5.74, 6) is -6.13. The van der Waals surface area contributed by atoms with Gasteiger partial charge in [-0.05, 0) is 69.1 Å². The van der Waals surface area contributed by atoms with Gasteiger partial charge in [-0.3, -0.25) is 24.0 Å². The summed E-state index contributed by atoms with van der Waals surface area (Å²) in [4.78, 5) is 98.0. The van der Waals surface area contributed by atoms with Crippen LogP contribution in [-0.2, 0) is 49.5 Å². The molecule has 5 N–H and O–H groups in total. The Balaban J connectivity index is 2.62. The highest BCUT2D eigenvalue weighted by Crippen LogP contribution is 2.26. The molecular weight excluding hydrogens is 775 g/mol. The number of nitrogens with one attached hydrogen (secondary N) is 3. The van der Waals surface area contributed by atoms with Gasteiger partial charge in [0.25, 0.3) is 5.91 Å². The van der Waals surface area contributed by atoms with Gasteiger partial charge in [0.15, 0.2) is 6.10 Å². The SMILES string of the molecule is CCC(C)C1NC(=O)CN(C)C(=O)[C@@H](Cc2ccc(O)cc2)N(C)C(=O)[C@H](C)NC(=O)[C@@H](CC(C)C)OC(=O)/C(C)=C/C[C@H](O)[C@H](C)[C@@H]([C@@H](C)CC)OC(=O)[C@@H](C)NC1=O. The Morgan fingerprint density at radius 3 is 1.95 bits per heavy atom. The van der Waals surface area contributed by atoms with Crippen LogP contribution in [0.3, 0.4) is 0 Å². The molecule has 1 aromatic rings. The Morgan fingerprint density at radius 1 is 0.800 bits per heavy atom. The minimum atomic E-state index is -1.28. The minimum absolute atomic E-state index is 0.00426. The number of carbonyl (C=O) groups excluding carboxylic acids is 7. The lowest BCUT2D eigenvalue weighted by molar-refractivity contribution is -0.161. The number of aliphatic hydroxyl groups excluding tert-OH is 1. The summed E-state index contributed by atoms with van der Waals surface area (Å²) in [6.45, 7) is 16.7. The number of cyclic esters (lactones) is 2. The zero-order chi connectivity index (χ0) is 45.6. The molecule has 2 rings (SSSR count). The zero-order valence-electron chi connectivity index (χ0n) is 37.4. The molecule has 1 heterocycles. The van der Waals surface area contributed by atoms with E-state index in [1.807, 2.05) is 34.6 Å². The lowest BCUT2D eigenvalue weighted by atomic mass is 9.86. The number of phenols is 1. The number of esters is 2.